The van der Waals surface area contributed by atoms with Gasteiger partial charge in [0, 0.05) is 0 Å². The molecule has 0 amide bonds. The molecule has 26 heavy (non-hydrogen) atoms. The van der Waals surface area contributed by atoms with Crippen molar-refractivity contribution < 1.29 is 9.84 Å². The molecule has 0 aliphatic heterocycles. The zero-order valence-electron chi connectivity index (χ0n) is 16.1. The van der Waals surface area contributed by atoms with Gasteiger partial charge in [-0.25, -0.2) is 0 Å². The van der Waals surface area contributed by atoms with Gasteiger partial charge in [-0.05, 0) is 52.8 Å². The van der Waals surface area contributed by atoms with Gasteiger partial charge in [0.1, 0.15) is 5.75 Å². The van der Waals surface area contributed by atoms with E-state index in [9.17, 15) is 5.11 Å². The Morgan fingerprint density at radius 3 is 2.19 bits per heavy atom. The molecule has 0 aromatic heterocycles. The van der Waals surface area contributed by atoms with E-state index >= 15 is 0 Å². The molecule has 0 saturated heterocycles. The molecular weight excluding hydrogens is 320 g/mol. The second-order valence-electron chi connectivity index (χ2n) is 7.47. The number of hydrogen-bond donors (Lipinski definition) is 1. The van der Waals surface area contributed by atoms with Crippen molar-refractivity contribution in [2.45, 2.75) is 71.3 Å². The Labute approximate surface area is 158 Å². The molecule has 1 aliphatic carbocycles. The molecule has 0 radical (unpaired) electrons. The molecule has 0 fully saturated rings. The third-order valence-corrected chi connectivity index (χ3v) is 5.37. The first-order valence-electron chi connectivity index (χ1n) is 10.3. The summed E-state index contributed by atoms with van der Waals surface area (Å²) in [5.74, 6) is 0.988. The van der Waals surface area contributed by atoms with Gasteiger partial charge in [-0.2, -0.15) is 0 Å². The van der Waals surface area contributed by atoms with Gasteiger partial charge >= 0.3 is 0 Å². The van der Waals surface area contributed by atoms with Gasteiger partial charge in [-0.1, -0.05) is 76.1 Å². The molecule has 0 atom stereocenters. The predicted octanol–water partition coefficient (Wildman–Crippen LogP) is 6.27. The monoisotopic (exact) mass is 352 g/mol. The van der Waals surface area contributed by atoms with Gasteiger partial charge in [-0.15, -0.1) is 0 Å². The average molecular weight is 353 g/mol. The van der Waals surface area contributed by atoms with E-state index in [4.69, 9.17) is 4.74 Å². The Kier molecular flexibility index (Phi) is 7.13. The lowest BCUT2D eigenvalue weighted by molar-refractivity contribution is 0.282. The molecule has 2 aromatic carbocycles. The van der Waals surface area contributed by atoms with Crippen LogP contribution in [0.3, 0.4) is 0 Å². The van der Waals surface area contributed by atoms with Crippen LogP contribution in [0.5, 0.6) is 5.75 Å². The fourth-order valence-electron chi connectivity index (χ4n) is 3.85. The van der Waals surface area contributed by atoms with E-state index in [1.54, 1.807) is 0 Å². The minimum absolute atomic E-state index is 0.108. The molecule has 0 spiro atoms. The zero-order valence-corrected chi connectivity index (χ0v) is 16.1. The largest absolute Gasteiger partial charge is 0.494 e. The van der Waals surface area contributed by atoms with E-state index < -0.39 is 0 Å². The fraction of sp³-hybridized carbons (Fsp3) is 0.500. The maximum absolute atomic E-state index is 9.32. The van der Waals surface area contributed by atoms with E-state index in [1.807, 2.05) is 6.07 Å². The number of hydrogen-bond acceptors (Lipinski definition) is 2. The minimum Gasteiger partial charge on any atom is -0.494 e. The number of rotatable bonds is 11. The fourth-order valence-corrected chi connectivity index (χ4v) is 3.85. The molecule has 0 saturated carbocycles. The van der Waals surface area contributed by atoms with E-state index in [2.05, 4.69) is 37.3 Å². The van der Waals surface area contributed by atoms with Gasteiger partial charge < -0.3 is 9.84 Å². The molecule has 1 N–H and O–H groups in total. The van der Waals surface area contributed by atoms with Crippen molar-refractivity contribution in [3.05, 3.63) is 53.1 Å². The maximum atomic E-state index is 9.32. The number of benzene rings is 2. The summed E-state index contributed by atoms with van der Waals surface area (Å²) in [6.07, 6.45) is 11.5. The quantitative estimate of drug-likeness (QED) is 0.412. The van der Waals surface area contributed by atoms with Gasteiger partial charge in [0.2, 0.25) is 0 Å². The first kappa shape index (κ1) is 19.0. The van der Waals surface area contributed by atoms with Gasteiger partial charge in [-0.3, -0.25) is 0 Å². The summed E-state index contributed by atoms with van der Waals surface area (Å²) >= 11 is 0. The zero-order chi connectivity index (χ0) is 18.2. The van der Waals surface area contributed by atoms with Gasteiger partial charge in [0.15, 0.2) is 0 Å². The molecule has 3 rings (SSSR count). The van der Waals surface area contributed by atoms with Crippen LogP contribution in [0.2, 0.25) is 0 Å². The van der Waals surface area contributed by atoms with Crippen LogP contribution in [0.25, 0.3) is 11.1 Å². The number of aliphatic hydroxyl groups excluding tert-OH is 1. The van der Waals surface area contributed by atoms with Crippen LogP contribution < -0.4 is 4.74 Å². The minimum atomic E-state index is 0.108. The van der Waals surface area contributed by atoms with Crippen LogP contribution in [0, 0.1) is 0 Å². The molecule has 2 heteroatoms. The van der Waals surface area contributed by atoms with Crippen molar-refractivity contribution in [2.24, 2.45) is 0 Å². The van der Waals surface area contributed by atoms with E-state index in [0.717, 1.165) is 30.8 Å². The van der Waals surface area contributed by atoms with E-state index in [1.165, 1.54) is 67.2 Å². The summed E-state index contributed by atoms with van der Waals surface area (Å²) in [6, 6.07) is 12.7. The summed E-state index contributed by atoms with van der Waals surface area (Å²) < 4.78 is 5.98. The van der Waals surface area contributed by atoms with Crippen LogP contribution in [0.1, 0.15) is 75.0 Å². The van der Waals surface area contributed by atoms with E-state index in [-0.39, 0.29) is 6.61 Å². The molecule has 2 aromatic rings. The van der Waals surface area contributed by atoms with Crippen LogP contribution in [-0.2, 0) is 13.0 Å². The topological polar surface area (TPSA) is 29.5 Å². The maximum Gasteiger partial charge on any atom is 0.119 e. The Morgan fingerprint density at radius 2 is 1.46 bits per heavy atom. The summed E-state index contributed by atoms with van der Waals surface area (Å²) in [5, 5.41) is 9.32. The second kappa shape index (κ2) is 9.78. The molecule has 0 heterocycles. The lowest BCUT2D eigenvalue weighted by Crippen LogP contribution is -1.98. The Bertz CT molecular complexity index is 705. The van der Waals surface area contributed by atoms with Crippen molar-refractivity contribution in [3.8, 4) is 16.9 Å². The van der Waals surface area contributed by atoms with Crippen LogP contribution in [0.15, 0.2) is 36.4 Å². The third kappa shape index (κ3) is 4.88. The Hall–Kier alpha value is -1.80. The lowest BCUT2D eigenvalue weighted by Gasteiger charge is -2.08. The first-order valence-corrected chi connectivity index (χ1v) is 10.3. The Balaban J connectivity index is 1.42. The highest BCUT2D eigenvalue weighted by atomic mass is 16.5. The summed E-state index contributed by atoms with van der Waals surface area (Å²) in [4.78, 5) is 0. The molecule has 140 valence electrons. The lowest BCUT2D eigenvalue weighted by atomic mass is 10.0. The highest BCUT2D eigenvalue weighted by Crippen LogP contribution is 2.38. The number of ether oxygens (including phenoxy) is 1. The summed E-state index contributed by atoms with van der Waals surface area (Å²) in [5.41, 5.74) is 6.24. The van der Waals surface area contributed by atoms with Crippen LogP contribution >= 0.6 is 0 Å². The second-order valence-corrected chi connectivity index (χ2v) is 7.47. The van der Waals surface area contributed by atoms with Gasteiger partial charge in [0.05, 0.1) is 13.2 Å². The SMILES string of the molecule is CCCCCCCCCCOc1ccc2c(c1)Cc1cc(CO)ccc1-2. The van der Waals surface area contributed by atoms with Crippen LogP contribution in [0.4, 0.5) is 0 Å². The molecule has 2 nitrogen and oxygen atoms in total. The van der Waals surface area contributed by atoms with Crippen molar-refractivity contribution >= 4 is 0 Å². The molecular formula is C24H32O2. The predicted molar refractivity (Wildman–Crippen MR) is 109 cm³/mol. The first-order chi connectivity index (χ1) is 12.8. The number of fused-ring (bicyclic) bond motifs is 3. The summed E-state index contributed by atoms with van der Waals surface area (Å²) in [7, 11) is 0. The molecule has 1 aliphatic rings. The summed E-state index contributed by atoms with van der Waals surface area (Å²) in [6.45, 7) is 3.19. The third-order valence-electron chi connectivity index (χ3n) is 5.37. The molecule has 0 unspecified atom stereocenters. The molecule has 0 bridgehead atoms. The number of unbranched alkanes of at least 4 members (excludes halogenated alkanes) is 7. The smallest absolute Gasteiger partial charge is 0.119 e. The number of aliphatic hydroxyl groups is 1. The van der Waals surface area contributed by atoms with Crippen molar-refractivity contribution in [1.29, 1.82) is 0 Å². The standard InChI is InChI=1S/C24H32O2/c1-2-3-4-5-6-7-8-9-14-26-22-11-13-24-21(17-22)16-20-15-19(18-25)10-12-23(20)24/h10-13,15,17,25H,2-9,14,16,18H2,1H3. The van der Waals surface area contributed by atoms with Gasteiger partial charge in [0.25, 0.3) is 0 Å². The highest BCUT2D eigenvalue weighted by molar-refractivity contribution is 5.77. The normalized spacial score (nSPS) is 12.1. The van der Waals surface area contributed by atoms with E-state index in [0.29, 0.717) is 0 Å². The van der Waals surface area contributed by atoms with Crippen molar-refractivity contribution in [2.75, 3.05) is 6.61 Å². The van der Waals surface area contributed by atoms with Crippen molar-refractivity contribution in [1.82, 2.24) is 0 Å². The average Bonchev–Trinajstić information content (AvgIpc) is 3.03. The van der Waals surface area contributed by atoms with Crippen LogP contribution in [-0.4, -0.2) is 11.7 Å². The van der Waals surface area contributed by atoms with Crippen molar-refractivity contribution in [3.63, 3.8) is 0 Å². The highest BCUT2D eigenvalue weighted by Gasteiger charge is 2.19. The Morgan fingerprint density at radius 1 is 0.808 bits per heavy atom.